The lowest BCUT2D eigenvalue weighted by Crippen LogP contribution is -2.38. The third-order valence-corrected chi connectivity index (χ3v) is 5.75. The summed E-state index contributed by atoms with van der Waals surface area (Å²) in [5.41, 5.74) is 4.99. The van der Waals surface area contributed by atoms with E-state index in [1.165, 1.54) is 22.3 Å². The largest absolute Gasteiger partial charge is 0.391 e. The van der Waals surface area contributed by atoms with Gasteiger partial charge in [0.2, 0.25) is 0 Å². The number of aliphatic hydroxyl groups excluding tert-OH is 1. The molecule has 5 heteroatoms. The van der Waals surface area contributed by atoms with E-state index in [0.29, 0.717) is 6.54 Å². The lowest BCUT2D eigenvalue weighted by molar-refractivity contribution is 0.154. The number of hydrogen-bond donors (Lipinski definition) is 1. The van der Waals surface area contributed by atoms with Crippen LogP contribution in [0.3, 0.4) is 0 Å². The summed E-state index contributed by atoms with van der Waals surface area (Å²) in [6.07, 6.45) is 3.24. The number of aromatic nitrogens is 2. The molecule has 1 unspecified atom stereocenters. The molecule has 4 nitrogen and oxygen atoms in total. The maximum atomic E-state index is 10.0. The Bertz CT molecular complexity index is 889. The van der Waals surface area contributed by atoms with E-state index in [1.54, 1.807) is 17.7 Å². The zero-order valence-electron chi connectivity index (χ0n) is 14.0. The SMILES string of the molecule is Cc1ccc(-c2csc3ncnc(N4CCCC(O)C4)c23)cc1C. The molecule has 0 aliphatic carbocycles. The van der Waals surface area contributed by atoms with Crippen molar-refractivity contribution in [2.24, 2.45) is 0 Å². The van der Waals surface area contributed by atoms with Crippen molar-refractivity contribution in [3.63, 3.8) is 0 Å². The van der Waals surface area contributed by atoms with Crippen LogP contribution in [0, 0.1) is 13.8 Å². The molecule has 1 aliphatic rings. The molecule has 0 saturated carbocycles. The minimum absolute atomic E-state index is 0.271. The van der Waals surface area contributed by atoms with Gasteiger partial charge in [0, 0.05) is 24.0 Å². The van der Waals surface area contributed by atoms with Crippen LogP contribution in [-0.2, 0) is 0 Å². The summed E-state index contributed by atoms with van der Waals surface area (Å²) in [7, 11) is 0. The van der Waals surface area contributed by atoms with E-state index in [4.69, 9.17) is 0 Å². The Kier molecular flexibility index (Phi) is 3.98. The predicted octanol–water partition coefficient (Wildman–Crippen LogP) is 3.94. The molecule has 2 aromatic heterocycles. The first-order valence-electron chi connectivity index (χ1n) is 8.36. The van der Waals surface area contributed by atoms with Gasteiger partial charge in [-0.3, -0.25) is 0 Å². The van der Waals surface area contributed by atoms with Crippen molar-refractivity contribution in [2.45, 2.75) is 32.8 Å². The first kappa shape index (κ1) is 15.5. The predicted molar refractivity (Wildman–Crippen MR) is 99.8 cm³/mol. The summed E-state index contributed by atoms with van der Waals surface area (Å²) in [4.78, 5) is 12.2. The Labute approximate surface area is 145 Å². The van der Waals surface area contributed by atoms with Gasteiger partial charge in [-0.15, -0.1) is 11.3 Å². The van der Waals surface area contributed by atoms with E-state index in [0.717, 1.165) is 35.4 Å². The first-order valence-corrected chi connectivity index (χ1v) is 9.24. The lowest BCUT2D eigenvalue weighted by atomic mass is 10.00. The highest BCUT2D eigenvalue weighted by Gasteiger charge is 2.23. The van der Waals surface area contributed by atoms with Gasteiger partial charge in [-0.25, -0.2) is 9.97 Å². The average molecular weight is 339 g/mol. The van der Waals surface area contributed by atoms with Crippen molar-refractivity contribution >= 4 is 27.4 Å². The zero-order chi connectivity index (χ0) is 16.7. The van der Waals surface area contributed by atoms with E-state index in [9.17, 15) is 5.11 Å². The van der Waals surface area contributed by atoms with Crippen molar-refractivity contribution in [2.75, 3.05) is 18.0 Å². The smallest absolute Gasteiger partial charge is 0.141 e. The number of hydrogen-bond acceptors (Lipinski definition) is 5. The van der Waals surface area contributed by atoms with Crippen LogP contribution >= 0.6 is 11.3 Å². The van der Waals surface area contributed by atoms with Gasteiger partial charge in [-0.2, -0.15) is 0 Å². The molecule has 0 bridgehead atoms. The molecule has 1 saturated heterocycles. The molecule has 0 radical (unpaired) electrons. The summed E-state index contributed by atoms with van der Waals surface area (Å²) in [6.45, 7) is 5.86. The zero-order valence-corrected chi connectivity index (χ0v) is 14.8. The standard InChI is InChI=1S/C19H21N3OS/c1-12-5-6-14(8-13(12)2)16-10-24-19-17(16)18(20-11-21-19)22-7-3-4-15(23)9-22/h5-6,8,10-11,15,23H,3-4,7,9H2,1-2H3. The molecule has 1 N–H and O–H groups in total. The van der Waals surface area contributed by atoms with Crippen LogP contribution in [0.2, 0.25) is 0 Å². The molecule has 24 heavy (non-hydrogen) atoms. The van der Waals surface area contributed by atoms with E-state index < -0.39 is 0 Å². The van der Waals surface area contributed by atoms with Crippen molar-refractivity contribution in [1.29, 1.82) is 0 Å². The number of aryl methyl sites for hydroxylation is 2. The van der Waals surface area contributed by atoms with Gasteiger partial charge in [-0.1, -0.05) is 18.2 Å². The number of nitrogens with zero attached hydrogens (tertiary/aromatic N) is 3. The van der Waals surface area contributed by atoms with E-state index in [2.05, 4.69) is 52.3 Å². The molecule has 1 aromatic carbocycles. The molecule has 1 atom stereocenters. The minimum Gasteiger partial charge on any atom is -0.391 e. The van der Waals surface area contributed by atoms with Gasteiger partial charge in [0.1, 0.15) is 17.0 Å². The van der Waals surface area contributed by atoms with Crippen LogP contribution in [0.5, 0.6) is 0 Å². The summed E-state index contributed by atoms with van der Waals surface area (Å²) < 4.78 is 0. The Morgan fingerprint density at radius 1 is 1.21 bits per heavy atom. The third kappa shape index (κ3) is 2.68. The average Bonchev–Trinajstić information content (AvgIpc) is 3.01. The summed E-state index contributed by atoms with van der Waals surface area (Å²) in [5, 5.41) is 13.3. The Hall–Kier alpha value is -1.98. The van der Waals surface area contributed by atoms with Gasteiger partial charge in [-0.05, 0) is 43.4 Å². The second-order valence-electron chi connectivity index (χ2n) is 6.57. The highest BCUT2D eigenvalue weighted by Crippen LogP contribution is 2.38. The van der Waals surface area contributed by atoms with Gasteiger partial charge in [0.25, 0.3) is 0 Å². The number of piperidine rings is 1. The van der Waals surface area contributed by atoms with Gasteiger partial charge in [0.15, 0.2) is 0 Å². The molecule has 3 heterocycles. The van der Waals surface area contributed by atoms with Crippen molar-refractivity contribution in [3.05, 3.63) is 41.0 Å². The fourth-order valence-corrected chi connectivity index (χ4v) is 4.28. The van der Waals surface area contributed by atoms with Crippen LogP contribution < -0.4 is 4.90 Å². The summed E-state index contributed by atoms with van der Waals surface area (Å²) >= 11 is 1.66. The Morgan fingerprint density at radius 2 is 2.08 bits per heavy atom. The van der Waals surface area contributed by atoms with Crippen molar-refractivity contribution in [3.8, 4) is 11.1 Å². The fourth-order valence-electron chi connectivity index (χ4n) is 3.37. The summed E-state index contributed by atoms with van der Waals surface area (Å²) in [6, 6.07) is 6.58. The van der Waals surface area contributed by atoms with Crippen LogP contribution in [0.25, 0.3) is 21.3 Å². The number of aliphatic hydroxyl groups is 1. The number of rotatable bonds is 2. The van der Waals surface area contributed by atoms with Gasteiger partial charge in [0.05, 0.1) is 11.5 Å². The summed E-state index contributed by atoms with van der Waals surface area (Å²) in [5.74, 6) is 0.952. The Morgan fingerprint density at radius 3 is 2.88 bits per heavy atom. The molecule has 1 aliphatic heterocycles. The molecule has 0 spiro atoms. The highest BCUT2D eigenvalue weighted by atomic mass is 32.1. The number of fused-ring (bicyclic) bond motifs is 1. The van der Waals surface area contributed by atoms with Crippen molar-refractivity contribution in [1.82, 2.24) is 9.97 Å². The monoisotopic (exact) mass is 339 g/mol. The first-order chi connectivity index (χ1) is 11.6. The molecule has 1 fully saturated rings. The molecule has 3 aromatic rings. The van der Waals surface area contributed by atoms with E-state index in [-0.39, 0.29) is 6.10 Å². The molecule has 124 valence electrons. The maximum Gasteiger partial charge on any atom is 0.141 e. The fraction of sp³-hybridized carbons (Fsp3) is 0.368. The minimum atomic E-state index is -0.271. The topological polar surface area (TPSA) is 49.2 Å². The number of benzene rings is 1. The molecular weight excluding hydrogens is 318 g/mol. The van der Waals surface area contributed by atoms with Crippen LogP contribution in [0.15, 0.2) is 29.9 Å². The second kappa shape index (κ2) is 6.15. The number of thiophene rings is 1. The van der Waals surface area contributed by atoms with Crippen LogP contribution in [0.4, 0.5) is 5.82 Å². The van der Waals surface area contributed by atoms with Gasteiger partial charge >= 0.3 is 0 Å². The molecule has 0 amide bonds. The Balaban J connectivity index is 1.86. The normalized spacial score (nSPS) is 18.3. The maximum absolute atomic E-state index is 10.0. The molecule has 4 rings (SSSR count). The third-order valence-electron chi connectivity index (χ3n) is 4.86. The van der Waals surface area contributed by atoms with Crippen LogP contribution in [0.1, 0.15) is 24.0 Å². The lowest BCUT2D eigenvalue weighted by Gasteiger charge is -2.31. The number of β-amino-alcohol motifs (C(OH)–C–C–N with tert-alkyl or cyclic N) is 1. The molecular formula is C19H21N3OS. The van der Waals surface area contributed by atoms with E-state index >= 15 is 0 Å². The van der Waals surface area contributed by atoms with Crippen molar-refractivity contribution < 1.29 is 5.11 Å². The highest BCUT2D eigenvalue weighted by molar-refractivity contribution is 7.17. The second-order valence-corrected chi connectivity index (χ2v) is 7.43. The number of anilines is 1. The van der Waals surface area contributed by atoms with E-state index in [1.807, 2.05) is 0 Å². The quantitative estimate of drug-likeness (QED) is 0.768. The van der Waals surface area contributed by atoms with Crippen LogP contribution in [-0.4, -0.2) is 34.3 Å². The van der Waals surface area contributed by atoms with Gasteiger partial charge < -0.3 is 10.0 Å².